The van der Waals surface area contributed by atoms with E-state index < -0.39 is 0 Å². The SMILES string of the molecule is CC1CCC(NC2CCCN(C)CC2)C(C)C1. The Morgan fingerprint density at radius 2 is 1.82 bits per heavy atom. The summed E-state index contributed by atoms with van der Waals surface area (Å²) in [6, 6.07) is 1.57. The molecule has 1 aliphatic heterocycles. The lowest BCUT2D eigenvalue weighted by Crippen LogP contribution is -2.44. The van der Waals surface area contributed by atoms with Gasteiger partial charge in [0.25, 0.3) is 0 Å². The van der Waals surface area contributed by atoms with Gasteiger partial charge in [-0.25, -0.2) is 0 Å². The van der Waals surface area contributed by atoms with E-state index in [9.17, 15) is 0 Å². The first kappa shape index (κ1) is 13.4. The van der Waals surface area contributed by atoms with Crippen LogP contribution in [0.1, 0.15) is 52.4 Å². The smallest absolute Gasteiger partial charge is 0.00954 e. The standard InChI is InChI=1S/C15H30N2/c1-12-6-7-15(13(2)11-12)16-14-5-4-9-17(3)10-8-14/h12-16H,4-11H2,1-3H3. The highest BCUT2D eigenvalue weighted by Gasteiger charge is 2.27. The topological polar surface area (TPSA) is 15.3 Å². The monoisotopic (exact) mass is 238 g/mol. The van der Waals surface area contributed by atoms with Crippen molar-refractivity contribution >= 4 is 0 Å². The first-order chi connectivity index (χ1) is 8.15. The Bertz CT molecular complexity index is 229. The molecule has 2 rings (SSSR count). The van der Waals surface area contributed by atoms with Crippen LogP contribution < -0.4 is 5.32 Å². The molecule has 100 valence electrons. The molecule has 1 saturated heterocycles. The van der Waals surface area contributed by atoms with E-state index in [1.807, 2.05) is 0 Å². The second-order valence-electron chi connectivity index (χ2n) is 6.60. The number of rotatable bonds is 2. The van der Waals surface area contributed by atoms with E-state index in [-0.39, 0.29) is 0 Å². The van der Waals surface area contributed by atoms with Crippen molar-refractivity contribution in [3.05, 3.63) is 0 Å². The van der Waals surface area contributed by atoms with Gasteiger partial charge in [-0.1, -0.05) is 13.8 Å². The third-order valence-corrected chi connectivity index (χ3v) is 4.83. The van der Waals surface area contributed by atoms with Crippen LogP contribution >= 0.6 is 0 Å². The van der Waals surface area contributed by atoms with Crippen molar-refractivity contribution in [1.29, 1.82) is 0 Å². The summed E-state index contributed by atoms with van der Waals surface area (Å²) in [4.78, 5) is 2.48. The summed E-state index contributed by atoms with van der Waals surface area (Å²) in [6.07, 6.45) is 8.33. The van der Waals surface area contributed by atoms with E-state index in [0.717, 1.165) is 23.9 Å². The third kappa shape index (κ3) is 3.96. The van der Waals surface area contributed by atoms with Gasteiger partial charge in [0.2, 0.25) is 0 Å². The maximum Gasteiger partial charge on any atom is 0.00954 e. The van der Waals surface area contributed by atoms with Crippen LogP contribution in [-0.2, 0) is 0 Å². The van der Waals surface area contributed by atoms with Gasteiger partial charge in [0, 0.05) is 12.1 Å². The van der Waals surface area contributed by atoms with E-state index >= 15 is 0 Å². The fourth-order valence-corrected chi connectivity index (χ4v) is 3.62. The number of nitrogens with one attached hydrogen (secondary N) is 1. The molecule has 2 nitrogen and oxygen atoms in total. The molecule has 1 heterocycles. The quantitative estimate of drug-likeness (QED) is 0.796. The van der Waals surface area contributed by atoms with Gasteiger partial charge in [-0.15, -0.1) is 0 Å². The molecule has 0 aromatic carbocycles. The maximum absolute atomic E-state index is 3.96. The first-order valence-electron chi connectivity index (χ1n) is 7.59. The highest BCUT2D eigenvalue weighted by atomic mass is 15.1. The van der Waals surface area contributed by atoms with Crippen LogP contribution in [0, 0.1) is 11.8 Å². The van der Waals surface area contributed by atoms with Crippen molar-refractivity contribution < 1.29 is 0 Å². The summed E-state index contributed by atoms with van der Waals surface area (Å²) < 4.78 is 0. The van der Waals surface area contributed by atoms with Crippen LogP contribution in [0.2, 0.25) is 0 Å². The molecule has 4 atom stereocenters. The third-order valence-electron chi connectivity index (χ3n) is 4.83. The lowest BCUT2D eigenvalue weighted by atomic mass is 9.79. The number of nitrogens with zero attached hydrogens (tertiary/aromatic N) is 1. The molecule has 2 fully saturated rings. The number of hydrogen-bond donors (Lipinski definition) is 1. The van der Waals surface area contributed by atoms with Crippen LogP contribution in [0.25, 0.3) is 0 Å². The van der Waals surface area contributed by atoms with E-state index in [0.29, 0.717) is 0 Å². The van der Waals surface area contributed by atoms with E-state index in [4.69, 9.17) is 0 Å². The molecule has 4 unspecified atom stereocenters. The van der Waals surface area contributed by atoms with E-state index in [1.165, 1.54) is 51.6 Å². The van der Waals surface area contributed by atoms with Crippen molar-refractivity contribution in [2.24, 2.45) is 11.8 Å². The van der Waals surface area contributed by atoms with Gasteiger partial charge in [0.15, 0.2) is 0 Å². The summed E-state index contributed by atoms with van der Waals surface area (Å²) >= 11 is 0. The molecule has 0 aromatic rings. The second kappa shape index (κ2) is 6.19. The Balaban J connectivity index is 1.79. The van der Waals surface area contributed by atoms with Gasteiger partial charge < -0.3 is 10.2 Å². The summed E-state index contributed by atoms with van der Waals surface area (Å²) in [5, 5.41) is 3.96. The largest absolute Gasteiger partial charge is 0.311 e. The zero-order valence-corrected chi connectivity index (χ0v) is 11.9. The van der Waals surface area contributed by atoms with Gasteiger partial charge in [-0.2, -0.15) is 0 Å². The van der Waals surface area contributed by atoms with Crippen LogP contribution in [0.5, 0.6) is 0 Å². The molecule has 0 spiro atoms. The second-order valence-corrected chi connectivity index (χ2v) is 6.60. The van der Waals surface area contributed by atoms with Gasteiger partial charge in [0.1, 0.15) is 0 Å². The maximum atomic E-state index is 3.96. The fraction of sp³-hybridized carbons (Fsp3) is 1.00. The van der Waals surface area contributed by atoms with Crippen molar-refractivity contribution in [3.63, 3.8) is 0 Å². The van der Waals surface area contributed by atoms with Crippen molar-refractivity contribution in [3.8, 4) is 0 Å². The van der Waals surface area contributed by atoms with Crippen LogP contribution in [0.3, 0.4) is 0 Å². The minimum atomic E-state index is 0.779. The Hall–Kier alpha value is -0.0800. The molecule has 0 radical (unpaired) electrons. The molecule has 0 aromatic heterocycles. The van der Waals surface area contributed by atoms with E-state index in [1.54, 1.807) is 0 Å². The minimum Gasteiger partial charge on any atom is -0.311 e. The normalized spacial score (nSPS) is 41.1. The zero-order valence-electron chi connectivity index (χ0n) is 11.9. The summed E-state index contributed by atoms with van der Waals surface area (Å²) in [7, 11) is 2.26. The molecule has 1 aliphatic carbocycles. The average molecular weight is 238 g/mol. The fourth-order valence-electron chi connectivity index (χ4n) is 3.62. The predicted octanol–water partition coefficient (Wildman–Crippen LogP) is 2.89. The van der Waals surface area contributed by atoms with Crippen LogP contribution in [0.4, 0.5) is 0 Å². The van der Waals surface area contributed by atoms with Crippen molar-refractivity contribution in [2.75, 3.05) is 20.1 Å². The molecule has 1 saturated carbocycles. The van der Waals surface area contributed by atoms with Gasteiger partial charge in [0.05, 0.1) is 0 Å². The van der Waals surface area contributed by atoms with Crippen molar-refractivity contribution in [2.45, 2.75) is 64.5 Å². The highest BCUT2D eigenvalue weighted by molar-refractivity contribution is 4.85. The molecule has 2 heteroatoms. The first-order valence-corrected chi connectivity index (χ1v) is 7.59. The lowest BCUT2D eigenvalue weighted by molar-refractivity contribution is 0.207. The molecule has 2 aliphatic rings. The minimum absolute atomic E-state index is 0.779. The summed E-state index contributed by atoms with van der Waals surface area (Å²) in [6.45, 7) is 7.41. The predicted molar refractivity (Wildman–Crippen MR) is 74.2 cm³/mol. The lowest BCUT2D eigenvalue weighted by Gasteiger charge is -2.36. The highest BCUT2D eigenvalue weighted by Crippen LogP contribution is 2.29. The average Bonchev–Trinajstić information content (AvgIpc) is 2.48. The van der Waals surface area contributed by atoms with Gasteiger partial charge in [-0.05, 0) is 70.5 Å². The molecule has 0 bridgehead atoms. The number of hydrogen-bond acceptors (Lipinski definition) is 2. The Morgan fingerprint density at radius 3 is 2.59 bits per heavy atom. The molecule has 17 heavy (non-hydrogen) atoms. The van der Waals surface area contributed by atoms with E-state index in [2.05, 4.69) is 31.1 Å². The zero-order chi connectivity index (χ0) is 12.3. The van der Waals surface area contributed by atoms with Gasteiger partial charge in [-0.3, -0.25) is 0 Å². The summed E-state index contributed by atoms with van der Waals surface area (Å²) in [5.74, 6) is 1.82. The molecular weight excluding hydrogens is 208 g/mol. The Morgan fingerprint density at radius 1 is 1.00 bits per heavy atom. The molecule has 0 amide bonds. The summed E-state index contributed by atoms with van der Waals surface area (Å²) in [5.41, 5.74) is 0. The van der Waals surface area contributed by atoms with Crippen molar-refractivity contribution in [1.82, 2.24) is 10.2 Å². The molecule has 1 N–H and O–H groups in total. The van der Waals surface area contributed by atoms with Gasteiger partial charge >= 0.3 is 0 Å². The Kier molecular flexibility index (Phi) is 4.87. The number of likely N-dealkylation sites (tertiary alicyclic amines) is 1. The van der Waals surface area contributed by atoms with Crippen LogP contribution in [-0.4, -0.2) is 37.1 Å². The molecular formula is C15H30N2. The van der Waals surface area contributed by atoms with Crippen LogP contribution in [0.15, 0.2) is 0 Å². The Labute approximate surface area is 107 Å².